The molecule has 0 unspecified atom stereocenters. The second-order valence-corrected chi connectivity index (χ2v) is 7.32. The molecule has 0 saturated carbocycles. The molecule has 5 N–H and O–H groups in total. The van der Waals surface area contributed by atoms with Gasteiger partial charge in [-0.1, -0.05) is 13.8 Å². The van der Waals surface area contributed by atoms with Crippen molar-refractivity contribution < 1.29 is 19.5 Å². The van der Waals surface area contributed by atoms with Gasteiger partial charge in [-0.05, 0) is 26.2 Å². The normalized spacial score (nSPS) is 12.9. The van der Waals surface area contributed by atoms with E-state index >= 15 is 0 Å². The number of thioether (sulfide) groups is 1. The molecule has 0 aliphatic carbocycles. The second-order valence-electron chi connectivity index (χ2n) is 5.69. The minimum Gasteiger partial charge on any atom is -0.480 e. The zero-order valence-electron chi connectivity index (χ0n) is 12.9. The number of imide groups is 1. The highest BCUT2D eigenvalue weighted by molar-refractivity contribution is 8.01. The zero-order valence-corrected chi connectivity index (χ0v) is 13.8. The number of carbonyl (C=O) groups is 3. The van der Waals surface area contributed by atoms with Crippen LogP contribution in [0.4, 0.5) is 4.79 Å². The van der Waals surface area contributed by atoms with Crippen LogP contribution < -0.4 is 16.4 Å². The molecule has 0 heterocycles. The molecule has 0 spiro atoms. The van der Waals surface area contributed by atoms with Gasteiger partial charge in [0.15, 0.2) is 0 Å². The zero-order chi connectivity index (χ0) is 16.6. The maximum Gasteiger partial charge on any atom is 0.321 e. The van der Waals surface area contributed by atoms with Gasteiger partial charge in [0.2, 0.25) is 5.91 Å². The Morgan fingerprint density at radius 1 is 1.29 bits per heavy atom. The highest BCUT2D eigenvalue weighted by Crippen LogP contribution is 2.27. The topological polar surface area (TPSA) is 122 Å². The minimum atomic E-state index is -1.13. The third-order valence-corrected chi connectivity index (χ3v) is 4.25. The van der Waals surface area contributed by atoms with Crippen molar-refractivity contribution in [1.29, 1.82) is 0 Å². The molecular formula is C13H25N3O4S. The van der Waals surface area contributed by atoms with E-state index < -0.39 is 28.7 Å². The van der Waals surface area contributed by atoms with E-state index in [4.69, 9.17) is 10.8 Å². The Labute approximate surface area is 129 Å². The van der Waals surface area contributed by atoms with E-state index in [9.17, 15) is 14.4 Å². The molecule has 0 aliphatic rings. The predicted octanol–water partition coefficient (Wildman–Crippen LogP) is 0.782. The fourth-order valence-corrected chi connectivity index (χ4v) is 2.18. The first-order chi connectivity index (χ1) is 9.56. The molecule has 7 nitrogen and oxygen atoms in total. The van der Waals surface area contributed by atoms with E-state index in [0.717, 1.165) is 18.2 Å². The van der Waals surface area contributed by atoms with Crippen molar-refractivity contribution in [2.24, 2.45) is 11.7 Å². The van der Waals surface area contributed by atoms with Crippen molar-refractivity contribution in [2.75, 3.05) is 12.3 Å². The molecule has 3 amide bonds. The summed E-state index contributed by atoms with van der Waals surface area (Å²) in [5, 5.41) is 13.6. The summed E-state index contributed by atoms with van der Waals surface area (Å²) in [4.78, 5) is 33.9. The number of nitrogens with two attached hydrogens (primary N) is 1. The molecule has 122 valence electrons. The molecule has 0 aromatic carbocycles. The summed E-state index contributed by atoms with van der Waals surface area (Å²) in [5.74, 6) is -1.17. The predicted molar refractivity (Wildman–Crippen MR) is 83.1 cm³/mol. The smallest absolute Gasteiger partial charge is 0.321 e. The molecule has 0 radical (unpaired) electrons. The van der Waals surface area contributed by atoms with Crippen molar-refractivity contribution in [3.05, 3.63) is 0 Å². The molecule has 0 aromatic rings. The van der Waals surface area contributed by atoms with Crippen molar-refractivity contribution in [2.45, 2.75) is 44.9 Å². The Balaban J connectivity index is 4.10. The van der Waals surface area contributed by atoms with Crippen LogP contribution in [0.3, 0.4) is 0 Å². The molecule has 1 atom stereocenters. The Bertz CT molecular complexity index is 386. The first-order valence-electron chi connectivity index (χ1n) is 6.76. The van der Waals surface area contributed by atoms with Gasteiger partial charge in [-0.3, -0.25) is 14.9 Å². The average Bonchev–Trinajstić information content (AvgIpc) is 2.34. The molecule has 0 saturated heterocycles. The van der Waals surface area contributed by atoms with Crippen LogP contribution in [0.15, 0.2) is 0 Å². The third kappa shape index (κ3) is 8.56. The van der Waals surface area contributed by atoms with Gasteiger partial charge in [-0.25, -0.2) is 4.79 Å². The van der Waals surface area contributed by atoms with Gasteiger partial charge in [-0.15, -0.1) is 11.8 Å². The molecule has 0 fully saturated rings. The second kappa shape index (κ2) is 8.89. The summed E-state index contributed by atoms with van der Waals surface area (Å²) >= 11 is 1.10. The van der Waals surface area contributed by atoms with E-state index in [2.05, 4.69) is 10.6 Å². The van der Waals surface area contributed by atoms with Crippen LogP contribution in [-0.2, 0) is 9.59 Å². The van der Waals surface area contributed by atoms with Crippen molar-refractivity contribution in [1.82, 2.24) is 10.6 Å². The van der Waals surface area contributed by atoms with E-state index in [0.29, 0.717) is 12.5 Å². The lowest BCUT2D eigenvalue weighted by Gasteiger charge is -2.27. The quantitative estimate of drug-likeness (QED) is 0.524. The van der Waals surface area contributed by atoms with Crippen LogP contribution in [0.1, 0.15) is 34.1 Å². The number of carbonyl (C=O) groups excluding carboxylic acids is 2. The summed E-state index contributed by atoms with van der Waals surface area (Å²) in [7, 11) is 0. The van der Waals surface area contributed by atoms with Gasteiger partial charge in [0.1, 0.15) is 6.04 Å². The first kappa shape index (κ1) is 19.7. The summed E-state index contributed by atoms with van der Waals surface area (Å²) in [6, 6.07) is -1.63. The van der Waals surface area contributed by atoms with Crippen molar-refractivity contribution in [3.63, 3.8) is 0 Å². The molecule has 0 rings (SSSR count). The summed E-state index contributed by atoms with van der Waals surface area (Å²) in [6.45, 7) is 7.86. The maximum atomic E-state index is 11.6. The van der Waals surface area contributed by atoms with Crippen molar-refractivity contribution >= 4 is 29.7 Å². The largest absolute Gasteiger partial charge is 0.480 e. The monoisotopic (exact) mass is 319 g/mol. The Kier molecular flexibility index (Phi) is 8.34. The van der Waals surface area contributed by atoms with Gasteiger partial charge in [0, 0.05) is 11.3 Å². The number of urea groups is 1. The Morgan fingerprint density at radius 3 is 2.33 bits per heavy atom. The van der Waals surface area contributed by atoms with Crippen LogP contribution in [-0.4, -0.2) is 46.1 Å². The van der Waals surface area contributed by atoms with Gasteiger partial charge in [0.05, 0.1) is 5.75 Å². The Morgan fingerprint density at radius 2 is 1.86 bits per heavy atom. The fourth-order valence-electron chi connectivity index (χ4n) is 1.32. The van der Waals surface area contributed by atoms with Gasteiger partial charge >= 0.3 is 12.0 Å². The van der Waals surface area contributed by atoms with Crippen LogP contribution in [0, 0.1) is 5.92 Å². The minimum absolute atomic E-state index is 0.0361. The average molecular weight is 319 g/mol. The highest BCUT2D eigenvalue weighted by Gasteiger charge is 2.33. The highest BCUT2D eigenvalue weighted by atomic mass is 32.2. The maximum absolute atomic E-state index is 11.6. The molecular weight excluding hydrogens is 294 g/mol. The SMILES string of the molecule is CC(C)CCNC(=O)NC(=O)CSC(C)(C)[C@@H](N)C(=O)O. The standard InChI is InChI=1S/C13H25N3O4S/c1-8(2)5-6-15-12(20)16-9(17)7-21-13(3,4)10(14)11(18)19/h8,10H,5-7,14H2,1-4H3,(H,18,19)(H2,15,16,17,20)/t10-/m0/s1. The van der Waals surface area contributed by atoms with Gasteiger partial charge in [-0.2, -0.15) is 0 Å². The van der Waals surface area contributed by atoms with E-state index in [1.54, 1.807) is 13.8 Å². The Hall–Kier alpha value is -1.28. The van der Waals surface area contributed by atoms with E-state index in [1.807, 2.05) is 13.8 Å². The van der Waals surface area contributed by atoms with Crippen LogP contribution in [0.2, 0.25) is 0 Å². The van der Waals surface area contributed by atoms with Gasteiger partial charge in [0.25, 0.3) is 0 Å². The number of carboxylic acids is 1. The number of hydrogen-bond donors (Lipinski definition) is 4. The molecule has 8 heteroatoms. The number of aliphatic carboxylic acids is 1. The van der Waals surface area contributed by atoms with Gasteiger partial charge < -0.3 is 16.2 Å². The number of amides is 3. The lowest BCUT2D eigenvalue weighted by Crippen LogP contribution is -2.48. The number of hydrogen-bond acceptors (Lipinski definition) is 5. The number of carboxylic acid groups (broad SMARTS) is 1. The summed E-state index contributed by atoms with van der Waals surface area (Å²) in [6.07, 6.45) is 0.830. The first-order valence-corrected chi connectivity index (χ1v) is 7.75. The molecule has 0 bridgehead atoms. The fraction of sp³-hybridized carbons (Fsp3) is 0.769. The lowest BCUT2D eigenvalue weighted by molar-refractivity contribution is -0.139. The lowest BCUT2D eigenvalue weighted by atomic mass is 10.1. The molecule has 0 aliphatic heterocycles. The third-order valence-electron chi connectivity index (χ3n) is 2.85. The summed E-state index contributed by atoms with van der Waals surface area (Å²) < 4.78 is -0.808. The molecule has 21 heavy (non-hydrogen) atoms. The van der Waals surface area contributed by atoms with Crippen LogP contribution >= 0.6 is 11.8 Å². The molecule has 0 aromatic heterocycles. The summed E-state index contributed by atoms with van der Waals surface area (Å²) in [5.41, 5.74) is 5.54. The van der Waals surface area contributed by atoms with E-state index in [-0.39, 0.29) is 5.75 Å². The number of rotatable bonds is 8. The number of nitrogens with one attached hydrogen (secondary N) is 2. The van der Waals surface area contributed by atoms with E-state index in [1.165, 1.54) is 0 Å². The van der Waals surface area contributed by atoms with Crippen molar-refractivity contribution in [3.8, 4) is 0 Å². The van der Waals surface area contributed by atoms with Crippen LogP contribution in [0.5, 0.6) is 0 Å². The van der Waals surface area contributed by atoms with Crippen LogP contribution in [0.25, 0.3) is 0 Å².